The second kappa shape index (κ2) is 29.2. The minimum absolute atomic E-state index is 0. The van der Waals surface area contributed by atoms with Crippen molar-refractivity contribution in [1.29, 1.82) is 0 Å². The molecule has 0 aliphatic heterocycles. The van der Waals surface area contributed by atoms with Crippen LogP contribution in [0.4, 0.5) is 0 Å². The van der Waals surface area contributed by atoms with Crippen LogP contribution in [0.1, 0.15) is 85.5 Å². The number of ether oxygens (including phenoxy) is 4. The minimum Gasteiger partial charge on any atom is -0.747 e. The molecule has 0 amide bonds. The standard InChI is InChI=1S/C20H38O7S.C6H14O4.Na/c1-5-9-11-16(7-3)14-26-19(21)13-18(28(23,24)25)20(22)27-15-17(8-4)12-10-6-2;7-1-3-9-5-6-10-4-2-8;/h16-18H,5-15H2,1-4H3,(H,23,24,25);7-8H,1-6H2;/q;;+1/p-1. The van der Waals surface area contributed by atoms with Crippen molar-refractivity contribution in [2.24, 2.45) is 11.8 Å². The summed E-state index contributed by atoms with van der Waals surface area (Å²) in [5, 5.41) is 14.5. The van der Waals surface area contributed by atoms with Crippen LogP contribution in [-0.4, -0.2) is 93.2 Å². The predicted molar refractivity (Wildman–Crippen MR) is 142 cm³/mol. The van der Waals surface area contributed by atoms with Gasteiger partial charge in [0.25, 0.3) is 0 Å². The molecule has 0 heterocycles. The minimum atomic E-state index is -5.01. The van der Waals surface area contributed by atoms with Gasteiger partial charge in [-0.05, 0) is 24.7 Å². The fourth-order valence-corrected chi connectivity index (χ4v) is 3.91. The second-order valence-electron chi connectivity index (χ2n) is 9.00. The van der Waals surface area contributed by atoms with Gasteiger partial charge in [0.15, 0.2) is 5.25 Å². The summed E-state index contributed by atoms with van der Waals surface area (Å²) in [6.07, 6.45) is 6.58. The molecule has 0 aromatic carbocycles. The Morgan fingerprint density at radius 2 is 1.21 bits per heavy atom. The van der Waals surface area contributed by atoms with Gasteiger partial charge in [-0.2, -0.15) is 0 Å². The van der Waals surface area contributed by atoms with Gasteiger partial charge in [-0.1, -0.05) is 66.2 Å². The fourth-order valence-electron chi connectivity index (χ4n) is 3.26. The van der Waals surface area contributed by atoms with Crippen LogP contribution in [0.3, 0.4) is 0 Å². The smallest absolute Gasteiger partial charge is 0.747 e. The van der Waals surface area contributed by atoms with E-state index in [2.05, 4.69) is 13.8 Å². The molecule has 228 valence electrons. The third kappa shape index (κ3) is 26.3. The first-order valence-electron chi connectivity index (χ1n) is 13.7. The van der Waals surface area contributed by atoms with Crippen molar-refractivity contribution in [2.45, 2.75) is 90.7 Å². The molecule has 3 unspecified atom stereocenters. The Labute approximate surface area is 257 Å². The molecular formula is C26H51NaO11S. The van der Waals surface area contributed by atoms with Crippen LogP contribution in [0.15, 0.2) is 0 Å². The molecule has 0 aliphatic carbocycles. The average Bonchev–Trinajstić information content (AvgIpc) is 2.89. The van der Waals surface area contributed by atoms with E-state index in [1.807, 2.05) is 13.8 Å². The molecule has 0 spiro atoms. The van der Waals surface area contributed by atoms with Crippen LogP contribution in [0, 0.1) is 11.8 Å². The molecule has 0 fully saturated rings. The maximum atomic E-state index is 12.1. The number of carbonyl (C=O) groups excluding carboxylic acids is 2. The number of carbonyl (C=O) groups is 2. The van der Waals surface area contributed by atoms with E-state index >= 15 is 0 Å². The number of hydrogen-bond acceptors (Lipinski definition) is 11. The second-order valence-corrected chi connectivity index (χ2v) is 10.6. The molecule has 2 N–H and O–H groups in total. The van der Waals surface area contributed by atoms with Crippen LogP contribution in [0.2, 0.25) is 0 Å². The number of aliphatic hydroxyl groups is 2. The largest absolute Gasteiger partial charge is 1.00 e. The monoisotopic (exact) mass is 594 g/mol. The van der Waals surface area contributed by atoms with E-state index in [4.69, 9.17) is 29.2 Å². The third-order valence-electron chi connectivity index (χ3n) is 5.83. The Kier molecular flexibility index (Phi) is 32.3. The van der Waals surface area contributed by atoms with Gasteiger partial charge in [0.05, 0.1) is 59.3 Å². The average molecular weight is 595 g/mol. The molecule has 0 aromatic heterocycles. The van der Waals surface area contributed by atoms with Crippen molar-refractivity contribution >= 4 is 22.1 Å². The van der Waals surface area contributed by atoms with Gasteiger partial charge in [0.2, 0.25) is 0 Å². The van der Waals surface area contributed by atoms with Gasteiger partial charge in [0.1, 0.15) is 10.1 Å². The molecule has 0 radical (unpaired) electrons. The molecule has 39 heavy (non-hydrogen) atoms. The van der Waals surface area contributed by atoms with E-state index < -0.39 is 33.7 Å². The molecule has 0 bridgehead atoms. The normalized spacial score (nSPS) is 13.3. The van der Waals surface area contributed by atoms with Crippen LogP contribution < -0.4 is 29.6 Å². The van der Waals surface area contributed by atoms with Gasteiger partial charge < -0.3 is 33.7 Å². The summed E-state index contributed by atoms with van der Waals surface area (Å²) in [4.78, 5) is 24.1. The Hall–Kier alpha value is -0.310. The zero-order valence-corrected chi connectivity index (χ0v) is 27.5. The number of unbranched alkanes of at least 4 members (excludes halogenated alkanes) is 2. The first kappa shape index (κ1) is 43.1. The molecule has 0 rings (SSSR count). The van der Waals surface area contributed by atoms with Crippen LogP contribution >= 0.6 is 0 Å². The summed E-state index contributed by atoms with van der Waals surface area (Å²) in [5.74, 6) is -1.74. The zero-order chi connectivity index (χ0) is 29.2. The van der Waals surface area contributed by atoms with Gasteiger partial charge in [0, 0.05) is 0 Å². The van der Waals surface area contributed by atoms with E-state index in [1.54, 1.807) is 0 Å². The summed E-state index contributed by atoms with van der Waals surface area (Å²) in [6, 6.07) is 0. The maximum Gasteiger partial charge on any atom is 1.00 e. The van der Waals surface area contributed by atoms with Crippen molar-refractivity contribution in [2.75, 3.05) is 52.9 Å². The van der Waals surface area contributed by atoms with Crippen molar-refractivity contribution < 1.29 is 81.3 Å². The number of hydrogen-bond donors (Lipinski definition) is 2. The number of rotatable bonds is 23. The van der Waals surface area contributed by atoms with Crippen molar-refractivity contribution in [3.63, 3.8) is 0 Å². The SMILES string of the molecule is CCCCC(CC)COC(=O)CC(C(=O)OCC(CC)CCCC)S(=O)(=O)[O-].OCCOCCOCCO.[Na+]. The first-order valence-corrected chi connectivity index (χ1v) is 15.2. The Morgan fingerprint density at radius 3 is 1.56 bits per heavy atom. The van der Waals surface area contributed by atoms with Crippen LogP contribution in [0.25, 0.3) is 0 Å². The van der Waals surface area contributed by atoms with Gasteiger partial charge in [-0.25, -0.2) is 8.42 Å². The van der Waals surface area contributed by atoms with Crippen LogP contribution in [-0.2, 0) is 38.7 Å². The van der Waals surface area contributed by atoms with Crippen LogP contribution in [0.5, 0.6) is 0 Å². The van der Waals surface area contributed by atoms with Crippen molar-refractivity contribution in [3.8, 4) is 0 Å². The Morgan fingerprint density at radius 1 is 0.769 bits per heavy atom. The molecule has 3 atom stereocenters. The first-order chi connectivity index (χ1) is 18.1. The van der Waals surface area contributed by atoms with Gasteiger partial charge >= 0.3 is 41.5 Å². The maximum absolute atomic E-state index is 12.1. The molecule has 0 saturated carbocycles. The fraction of sp³-hybridized carbons (Fsp3) is 0.923. The topological polar surface area (TPSA) is 169 Å². The zero-order valence-electron chi connectivity index (χ0n) is 24.7. The van der Waals surface area contributed by atoms with E-state index in [0.29, 0.717) is 26.4 Å². The quantitative estimate of drug-likeness (QED) is 0.0696. The Balaban J connectivity index is -0.000000995. The number of esters is 2. The Bertz CT molecular complexity index is 669. The molecule has 13 heteroatoms. The van der Waals surface area contributed by atoms with Crippen molar-refractivity contribution in [1.82, 2.24) is 0 Å². The summed E-state index contributed by atoms with van der Waals surface area (Å²) < 4.78 is 54.3. The predicted octanol–water partition coefficient (Wildman–Crippen LogP) is -0.182. The summed E-state index contributed by atoms with van der Waals surface area (Å²) >= 11 is 0. The summed E-state index contributed by atoms with van der Waals surface area (Å²) in [6.45, 7) is 9.99. The third-order valence-corrected chi connectivity index (χ3v) is 6.89. The van der Waals surface area contributed by atoms with E-state index in [1.165, 1.54) is 0 Å². The van der Waals surface area contributed by atoms with E-state index in [9.17, 15) is 22.6 Å². The molecular weight excluding hydrogens is 543 g/mol. The number of aliphatic hydroxyl groups excluding tert-OH is 2. The van der Waals surface area contributed by atoms with E-state index in [-0.39, 0.29) is 67.8 Å². The molecule has 0 aromatic rings. The van der Waals surface area contributed by atoms with E-state index in [0.717, 1.165) is 51.4 Å². The molecule has 11 nitrogen and oxygen atoms in total. The molecule has 0 aliphatic rings. The van der Waals surface area contributed by atoms with Gasteiger partial charge in [-0.3, -0.25) is 9.59 Å². The van der Waals surface area contributed by atoms with Gasteiger partial charge in [-0.15, -0.1) is 0 Å². The summed E-state index contributed by atoms with van der Waals surface area (Å²) in [7, 11) is -5.01. The van der Waals surface area contributed by atoms with Crippen molar-refractivity contribution in [3.05, 3.63) is 0 Å². The molecule has 0 saturated heterocycles. The summed E-state index contributed by atoms with van der Waals surface area (Å²) in [5.41, 5.74) is 0.